The first kappa shape index (κ1) is 23.1. The summed E-state index contributed by atoms with van der Waals surface area (Å²) in [6, 6.07) is 16.1. The van der Waals surface area contributed by atoms with E-state index in [1.54, 1.807) is 48.5 Å². The number of hydrogen-bond acceptors (Lipinski definition) is 6. The maximum absolute atomic E-state index is 12.4. The SMILES string of the molecule is COc1cc(/C=N\NC(=O)c2ccccc2OC)ccc1OC(=O)c1ccc(Cl)cc1Cl. The number of esters is 1. The van der Waals surface area contributed by atoms with Gasteiger partial charge in [-0.2, -0.15) is 5.10 Å². The molecule has 0 saturated heterocycles. The number of rotatable bonds is 7. The van der Waals surface area contributed by atoms with E-state index in [4.69, 9.17) is 37.4 Å². The fraction of sp³-hybridized carbons (Fsp3) is 0.0870. The monoisotopic (exact) mass is 472 g/mol. The zero-order valence-corrected chi connectivity index (χ0v) is 18.6. The zero-order valence-electron chi connectivity index (χ0n) is 17.1. The van der Waals surface area contributed by atoms with E-state index in [0.717, 1.165) is 0 Å². The van der Waals surface area contributed by atoms with E-state index in [0.29, 0.717) is 27.6 Å². The molecular formula is C23H18Cl2N2O5. The van der Waals surface area contributed by atoms with Gasteiger partial charge in [-0.05, 0) is 54.1 Å². The second-order valence-corrected chi connectivity index (χ2v) is 7.17. The molecule has 0 saturated carbocycles. The fourth-order valence-electron chi connectivity index (χ4n) is 2.72. The lowest BCUT2D eigenvalue weighted by Crippen LogP contribution is -2.18. The fourth-order valence-corrected chi connectivity index (χ4v) is 3.20. The third-order valence-electron chi connectivity index (χ3n) is 4.27. The molecule has 0 aliphatic carbocycles. The Morgan fingerprint density at radius 2 is 1.62 bits per heavy atom. The van der Waals surface area contributed by atoms with Crippen molar-refractivity contribution in [2.45, 2.75) is 0 Å². The van der Waals surface area contributed by atoms with Gasteiger partial charge in [-0.1, -0.05) is 35.3 Å². The number of hydrogen-bond donors (Lipinski definition) is 1. The van der Waals surface area contributed by atoms with Gasteiger partial charge < -0.3 is 14.2 Å². The Bertz CT molecular complexity index is 1180. The number of hydrazone groups is 1. The van der Waals surface area contributed by atoms with Crippen LogP contribution in [0.15, 0.2) is 65.8 Å². The van der Waals surface area contributed by atoms with Crippen LogP contribution in [-0.4, -0.2) is 32.3 Å². The summed E-state index contributed by atoms with van der Waals surface area (Å²) in [5, 5.41) is 4.54. The van der Waals surface area contributed by atoms with E-state index < -0.39 is 11.9 Å². The van der Waals surface area contributed by atoms with Crippen molar-refractivity contribution in [1.29, 1.82) is 0 Å². The summed E-state index contributed by atoms with van der Waals surface area (Å²) in [5.41, 5.74) is 3.56. The van der Waals surface area contributed by atoms with Gasteiger partial charge in [0.25, 0.3) is 5.91 Å². The molecule has 0 radical (unpaired) electrons. The van der Waals surface area contributed by atoms with Crippen LogP contribution in [0.3, 0.4) is 0 Å². The van der Waals surface area contributed by atoms with Crippen molar-refractivity contribution < 1.29 is 23.8 Å². The van der Waals surface area contributed by atoms with Gasteiger partial charge in [-0.15, -0.1) is 0 Å². The number of halogens is 2. The highest BCUT2D eigenvalue weighted by Gasteiger charge is 2.16. The molecule has 32 heavy (non-hydrogen) atoms. The molecule has 0 atom stereocenters. The molecule has 0 aliphatic heterocycles. The Labute approximate surface area is 194 Å². The van der Waals surface area contributed by atoms with E-state index in [2.05, 4.69) is 10.5 Å². The Hall–Kier alpha value is -3.55. The molecule has 1 N–H and O–H groups in total. The molecule has 3 aromatic rings. The Balaban J connectivity index is 1.71. The molecule has 9 heteroatoms. The molecule has 0 unspecified atom stereocenters. The summed E-state index contributed by atoms with van der Waals surface area (Å²) in [6.07, 6.45) is 1.43. The molecule has 0 aliphatic rings. The molecule has 7 nitrogen and oxygen atoms in total. The third kappa shape index (κ3) is 5.57. The number of carbonyl (C=O) groups excluding carboxylic acids is 2. The average Bonchev–Trinajstić information content (AvgIpc) is 2.79. The average molecular weight is 473 g/mol. The van der Waals surface area contributed by atoms with Crippen LogP contribution < -0.4 is 19.6 Å². The smallest absolute Gasteiger partial charge is 0.345 e. The third-order valence-corrected chi connectivity index (χ3v) is 4.82. The Morgan fingerprint density at radius 1 is 0.875 bits per heavy atom. The molecule has 0 aromatic heterocycles. The van der Waals surface area contributed by atoms with Crippen LogP contribution in [0, 0.1) is 0 Å². The minimum atomic E-state index is -0.657. The van der Waals surface area contributed by atoms with Gasteiger partial charge in [-0.3, -0.25) is 4.79 Å². The maximum Gasteiger partial charge on any atom is 0.345 e. The van der Waals surface area contributed by atoms with E-state index in [-0.39, 0.29) is 16.3 Å². The summed E-state index contributed by atoms with van der Waals surface area (Å²) in [6.45, 7) is 0. The predicted octanol–water partition coefficient (Wildman–Crippen LogP) is 4.99. The van der Waals surface area contributed by atoms with Crippen LogP contribution in [-0.2, 0) is 0 Å². The molecule has 164 valence electrons. The van der Waals surface area contributed by atoms with Gasteiger partial charge in [0.15, 0.2) is 11.5 Å². The number of benzene rings is 3. The summed E-state index contributed by atoms with van der Waals surface area (Å²) < 4.78 is 15.9. The standard InChI is InChI=1S/C23H18Cl2N2O5/c1-30-19-6-4-3-5-17(19)22(28)27-26-13-14-7-10-20(21(11-14)31-2)32-23(29)16-9-8-15(24)12-18(16)25/h3-13H,1-2H3,(H,27,28)/b26-13-. The normalized spacial score (nSPS) is 10.6. The predicted molar refractivity (Wildman–Crippen MR) is 122 cm³/mol. The molecule has 0 heterocycles. The molecule has 3 rings (SSSR count). The van der Waals surface area contributed by atoms with Crippen molar-refractivity contribution in [3.63, 3.8) is 0 Å². The molecule has 0 spiro atoms. The number of carbonyl (C=O) groups is 2. The van der Waals surface area contributed by atoms with Crippen molar-refractivity contribution in [1.82, 2.24) is 5.43 Å². The van der Waals surface area contributed by atoms with E-state index in [1.807, 2.05) is 0 Å². The number of nitrogens with zero attached hydrogens (tertiary/aromatic N) is 1. The van der Waals surface area contributed by atoms with Crippen LogP contribution in [0.4, 0.5) is 0 Å². The second kappa shape index (κ2) is 10.7. The molecular weight excluding hydrogens is 455 g/mol. The quantitative estimate of drug-likeness (QED) is 0.226. The van der Waals surface area contributed by atoms with E-state index in [9.17, 15) is 9.59 Å². The number of nitrogens with one attached hydrogen (secondary N) is 1. The Kier molecular flexibility index (Phi) is 7.70. The summed E-state index contributed by atoms with van der Waals surface area (Å²) in [7, 11) is 2.92. The van der Waals surface area contributed by atoms with Crippen LogP contribution in [0.2, 0.25) is 10.0 Å². The van der Waals surface area contributed by atoms with Gasteiger partial charge in [0, 0.05) is 5.02 Å². The molecule has 0 fully saturated rings. The zero-order chi connectivity index (χ0) is 23.1. The van der Waals surface area contributed by atoms with Crippen molar-refractivity contribution >= 4 is 41.3 Å². The minimum Gasteiger partial charge on any atom is -0.496 e. The molecule has 3 aromatic carbocycles. The number of ether oxygens (including phenoxy) is 3. The topological polar surface area (TPSA) is 86.2 Å². The minimum absolute atomic E-state index is 0.169. The Morgan fingerprint density at radius 3 is 2.34 bits per heavy atom. The van der Waals surface area contributed by atoms with Gasteiger partial charge in [0.1, 0.15) is 5.75 Å². The first-order chi connectivity index (χ1) is 15.4. The second-order valence-electron chi connectivity index (χ2n) is 6.32. The van der Waals surface area contributed by atoms with Crippen molar-refractivity contribution in [3.05, 3.63) is 87.4 Å². The molecule has 0 bridgehead atoms. The first-order valence-corrected chi connectivity index (χ1v) is 10.00. The summed E-state index contributed by atoms with van der Waals surface area (Å²) >= 11 is 11.9. The largest absolute Gasteiger partial charge is 0.496 e. The van der Waals surface area contributed by atoms with Crippen LogP contribution >= 0.6 is 23.2 Å². The van der Waals surface area contributed by atoms with Crippen molar-refractivity contribution in [2.75, 3.05) is 14.2 Å². The lowest BCUT2D eigenvalue weighted by Gasteiger charge is -2.11. The van der Waals surface area contributed by atoms with Gasteiger partial charge in [-0.25, -0.2) is 10.2 Å². The lowest BCUT2D eigenvalue weighted by molar-refractivity contribution is 0.0729. The van der Waals surface area contributed by atoms with Crippen LogP contribution in [0.25, 0.3) is 0 Å². The van der Waals surface area contributed by atoms with Crippen molar-refractivity contribution in [2.24, 2.45) is 5.10 Å². The lowest BCUT2D eigenvalue weighted by atomic mass is 10.2. The summed E-state index contributed by atoms with van der Waals surface area (Å²) in [5.74, 6) is -0.150. The molecule has 1 amide bonds. The van der Waals surface area contributed by atoms with Gasteiger partial charge >= 0.3 is 5.97 Å². The van der Waals surface area contributed by atoms with Gasteiger partial charge in [0.2, 0.25) is 0 Å². The highest BCUT2D eigenvalue weighted by Crippen LogP contribution is 2.30. The van der Waals surface area contributed by atoms with Crippen LogP contribution in [0.1, 0.15) is 26.3 Å². The number of amides is 1. The highest BCUT2D eigenvalue weighted by molar-refractivity contribution is 6.36. The van der Waals surface area contributed by atoms with Gasteiger partial charge in [0.05, 0.1) is 36.6 Å². The summed E-state index contributed by atoms with van der Waals surface area (Å²) in [4.78, 5) is 24.7. The highest BCUT2D eigenvalue weighted by atomic mass is 35.5. The van der Waals surface area contributed by atoms with Crippen LogP contribution in [0.5, 0.6) is 17.2 Å². The maximum atomic E-state index is 12.4. The van der Waals surface area contributed by atoms with Crippen molar-refractivity contribution in [3.8, 4) is 17.2 Å². The number of para-hydroxylation sites is 1. The number of methoxy groups -OCH3 is 2. The van der Waals surface area contributed by atoms with E-state index in [1.165, 1.54) is 32.6 Å². The first-order valence-electron chi connectivity index (χ1n) is 9.24. The van der Waals surface area contributed by atoms with E-state index >= 15 is 0 Å².